The first-order valence-corrected chi connectivity index (χ1v) is 5.04. The lowest BCUT2D eigenvalue weighted by Gasteiger charge is -2.22. The number of ether oxygens (including phenoxy) is 1. The minimum Gasteiger partial charge on any atom is -0.366 e. The molecule has 15 heavy (non-hydrogen) atoms. The van der Waals surface area contributed by atoms with Crippen molar-refractivity contribution in [1.82, 2.24) is 16.0 Å². The second-order valence-corrected chi connectivity index (χ2v) is 3.34. The lowest BCUT2D eigenvalue weighted by Crippen LogP contribution is -2.49. The molecule has 1 aliphatic rings. The van der Waals surface area contributed by atoms with E-state index in [1.165, 1.54) is 6.92 Å². The summed E-state index contributed by atoms with van der Waals surface area (Å²) in [5.41, 5.74) is 0. The van der Waals surface area contributed by atoms with Crippen LogP contribution in [-0.2, 0) is 14.3 Å². The molecule has 1 aliphatic heterocycles. The molecular formula is C9H17N3O3. The zero-order valence-corrected chi connectivity index (χ0v) is 8.84. The van der Waals surface area contributed by atoms with E-state index in [2.05, 4.69) is 16.0 Å². The normalized spacial score (nSPS) is 20.7. The van der Waals surface area contributed by atoms with Crippen LogP contribution in [0, 0.1) is 0 Å². The number of nitrogens with one attached hydrogen (secondary N) is 3. The summed E-state index contributed by atoms with van der Waals surface area (Å²) in [5, 5.41) is 8.35. The molecule has 3 N–H and O–H groups in total. The van der Waals surface area contributed by atoms with Gasteiger partial charge in [0, 0.05) is 33.1 Å². The molecule has 0 aliphatic carbocycles. The van der Waals surface area contributed by atoms with Crippen LogP contribution in [0.5, 0.6) is 0 Å². The van der Waals surface area contributed by atoms with Crippen LogP contribution in [0.3, 0.4) is 0 Å². The largest absolute Gasteiger partial charge is 0.366 e. The van der Waals surface area contributed by atoms with Crippen molar-refractivity contribution in [3.05, 3.63) is 0 Å². The van der Waals surface area contributed by atoms with Crippen LogP contribution >= 0.6 is 0 Å². The summed E-state index contributed by atoms with van der Waals surface area (Å²) in [7, 11) is 0. The Morgan fingerprint density at radius 1 is 1.40 bits per heavy atom. The molecule has 1 fully saturated rings. The first-order valence-electron chi connectivity index (χ1n) is 5.04. The summed E-state index contributed by atoms with van der Waals surface area (Å²) in [6, 6.07) is 0. The lowest BCUT2D eigenvalue weighted by atomic mass is 10.3. The van der Waals surface area contributed by atoms with Gasteiger partial charge in [-0.15, -0.1) is 0 Å². The fourth-order valence-corrected chi connectivity index (χ4v) is 1.27. The zero-order chi connectivity index (χ0) is 11.1. The Kier molecular flexibility index (Phi) is 5.06. The standard InChI is InChI=1S/C9H17N3O3/c1-7(13)11-2-3-12-9(14)8-6-10-4-5-15-8/h8,10H,2-6H2,1H3,(H,11,13)(H,12,14). The molecule has 0 aromatic carbocycles. The minimum atomic E-state index is -0.406. The van der Waals surface area contributed by atoms with Crippen LogP contribution < -0.4 is 16.0 Å². The van der Waals surface area contributed by atoms with Crippen LogP contribution in [0.2, 0.25) is 0 Å². The summed E-state index contributed by atoms with van der Waals surface area (Å²) >= 11 is 0. The smallest absolute Gasteiger partial charge is 0.250 e. The van der Waals surface area contributed by atoms with E-state index in [-0.39, 0.29) is 11.8 Å². The lowest BCUT2D eigenvalue weighted by molar-refractivity contribution is -0.134. The van der Waals surface area contributed by atoms with Crippen LogP contribution in [0.15, 0.2) is 0 Å². The maximum Gasteiger partial charge on any atom is 0.250 e. The van der Waals surface area contributed by atoms with Crippen molar-refractivity contribution in [2.45, 2.75) is 13.0 Å². The number of carbonyl (C=O) groups is 2. The SMILES string of the molecule is CC(=O)NCCNC(=O)C1CNCCO1. The summed E-state index contributed by atoms with van der Waals surface area (Å²) < 4.78 is 5.26. The van der Waals surface area contributed by atoms with Gasteiger partial charge in [-0.2, -0.15) is 0 Å². The van der Waals surface area contributed by atoms with Crippen molar-refractivity contribution in [2.75, 3.05) is 32.8 Å². The fraction of sp³-hybridized carbons (Fsp3) is 0.778. The Hall–Kier alpha value is -1.14. The molecule has 0 saturated carbocycles. The van der Waals surface area contributed by atoms with E-state index < -0.39 is 6.10 Å². The topological polar surface area (TPSA) is 79.5 Å². The average molecular weight is 215 g/mol. The molecule has 1 heterocycles. The van der Waals surface area contributed by atoms with Gasteiger partial charge in [0.25, 0.3) is 5.91 Å². The third-order valence-electron chi connectivity index (χ3n) is 2.02. The van der Waals surface area contributed by atoms with E-state index in [0.29, 0.717) is 26.2 Å². The predicted molar refractivity (Wildman–Crippen MR) is 54.3 cm³/mol. The fourth-order valence-electron chi connectivity index (χ4n) is 1.27. The van der Waals surface area contributed by atoms with Crippen LogP contribution in [0.25, 0.3) is 0 Å². The Bertz CT molecular complexity index is 227. The average Bonchev–Trinajstić information content (AvgIpc) is 2.25. The highest BCUT2D eigenvalue weighted by Gasteiger charge is 2.20. The number of amides is 2. The molecule has 86 valence electrons. The third kappa shape index (κ3) is 4.75. The van der Waals surface area contributed by atoms with Crippen LogP contribution in [0.4, 0.5) is 0 Å². The molecule has 2 amide bonds. The van der Waals surface area contributed by atoms with Gasteiger partial charge in [0.15, 0.2) is 0 Å². The Balaban J connectivity index is 2.09. The summed E-state index contributed by atoms with van der Waals surface area (Å²) in [4.78, 5) is 22.0. The van der Waals surface area contributed by atoms with Crippen molar-refractivity contribution in [3.63, 3.8) is 0 Å². The molecule has 1 unspecified atom stereocenters. The quantitative estimate of drug-likeness (QED) is 0.485. The summed E-state index contributed by atoms with van der Waals surface area (Å²) in [6.07, 6.45) is -0.406. The second kappa shape index (κ2) is 6.36. The molecule has 0 aromatic rings. The van der Waals surface area contributed by atoms with Gasteiger partial charge in [-0.1, -0.05) is 0 Å². The highest BCUT2D eigenvalue weighted by molar-refractivity contribution is 5.81. The first kappa shape index (κ1) is 11.9. The van der Waals surface area contributed by atoms with Gasteiger partial charge in [-0.25, -0.2) is 0 Å². The Morgan fingerprint density at radius 3 is 2.73 bits per heavy atom. The predicted octanol–water partition coefficient (Wildman–Crippen LogP) is -1.77. The molecule has 0 bridgehead atoms. The number of carbonyl (C=O) groups excluding carboxylic acids is 2. The second-order valence-electron chi connectivity index (χ2n) is 3.34. The summed E-state index contributed by atoms with van der Waals surface area (Å²) in [6.45, 7) is 4.21. The Morgan fingerprint density at radius 2 is 2.13 bits per heavy atom. The number of rotatable bonds is 4. The molecule has 6 nitrogen and oxygen atoms in total. The maximum atomic E-state index is 11.5. The van der Waals surface area contributed by atoms with E-state index in [0.717, 1.165) is 6.54 Å². The minimum absolute atomic E-state index is 0.0974. The van der Waals surface area contributed by atoms with Gasteiger partial charge in [0.2, 0.25) is 5.91 Å². The van der Waals surface area contributed by atoms with Gasteiger partial charge < -0.3 is 20.7 Å². The van der Waals surface area contributed by atoms with Crippen molar-refractivity contribution >= 4 is 11.8 Å². The molecule has 0 aromatic heterocycles. The van der Waals surface area contributed by atoms with E-state index in [1.54, 1.807) is 0 Å². The molecular weight excluding hydrogens is 198 g/mol. The first-order chi connectivity index (χ1) is 7.20. The van der Waals surface area contributed by atoms with E-state index in [1.807, 2.05) is 0 Å². The molecule has 6 heteroatoms. The summed E-state index contributed by atoms with van der Waals surface area (Å²) in [5.74, 6) is -0.229. The van der Waals surface area contributed by atoms with E-state index in [9.17, 15) is 9.59 Å². The van der Waals surface area contributed by atoms with Gasteiger partial charge in [-0.05, 0) is 0 Å². The van der Waals surface area contributed by atoms with Gasteiger partial charge in [0.05, 0.1) is 6.61 Å². The maximum absolute atomic E-state index is 11.5. The van der Waals surface area contributed by atoms with Gasteiger partial charge in [0.1, 0.15) is 6.10 Å². The molecule has 1 rings (SSSR count). The van der Waals surface area contributed by atoms with Crippen LogP contribution in [-0.4, -0.2) is 50.7 Å². The van der Waals surface area contributed by atoms with Crippen molar-refractivity contribution < 1.29 is 14.3 Å². The van der Waals surface area contributed by atoms with Crippen molar-refractivity contribution in [1.29, 1.82) is 0 Å². The van der Waals surface area contributed by atoms with E-state index in [4.69, 9.17) is 4.74 Å². The number of hydrogen-bond acceptors (Lipinski definition) is 4. The molecule has 1 atom stereocenters. The number of morpholine rings is 1. The highest BCUT2D eigenvalue weighted by Crippen LogP contribution is 1.94. The van der Waals surface area contributed by atoms with Crippen LogP contribution in [0.1, 0.15) is 6.92 Å². The molecule has 1 saturated heterocycles. The molecule has 0 radical (unpaired) electrons. The van der Waals surface area contributed by atoms with Crippen molar-refractivity contribution in [2.24, 2.45) is 0 Å². The van der Waals surface area contributed by atoms with E-state index >= 15 is 0 Å². The third-order valence-corrected chi connectivity index (χ3v) is 2.02. The van der Waals surface area contributed by atoms with Gasteiger partial charge >= 0.3 is 0 Å². The molecule has 0 spiro atoms. The highest BCUT2D eigenvalue weighted by atomic mass is 16.5. The monoisotopic (exact) mass is 215 g/mol. The number of hydrogen-bond donors (Lipinski definition) is 3. The van der Waals surface area contributed by atoms with Crippen molar-refractivity contribution in [3.8, 4) is 0 Å². The zero-order valence-electron chi connectivity index (χ0n) is 8.84. The Labute approximate surface area is 88.7 Å². The van der Waals surface area contributed by atoms with Gasteiger partial charge in [-0.3, -0.25) is 9.59 Å².